The second-order valence-electron chi connectivity index (χ2n) is 2.99. The molecule has 0 radical (unpaired) electrons. The Kier molecular flexibility index (Phi) is 2.10. The Bertz CT molecular complexity index is 431. The van der Waals surface area contributed by atoms with E-state index >= 15 is 0 Å². The first-order chi connectivity index (χ1) is 6.77. The van der Waals surface area contributed by atoms with Gasteiger partial charge in [-0.15, -0.1) is 5.10 Å². The third kappa shape index (κ3) is 1.54. The molecule has 14 heavy (non-hydrogen) atoms. The van der Waals surface area contributed by atoms with Gasteiger partial charge in [-0.25, -0.2) is 0 Å². The quantitative estimate of drug-likeness (QED) is 0.727. The Morgan fingerprint density at radius 2 is 2.00 bits per heavy atom. The fraction of sp³-hybridized carbons (Fsp3) is 0.100. The Labute approximate surface area is 81.0 Å². The number of hydrogen-bond donors (Lipinski definition) is 1. The zero-order valence-electron chi connectivity index (χ0n) is 7.69. The first-order valence-electron chi connectivity index (χ1n) is 4.25. The predicted octanol–water partition coefficient (Wildman–Crippen LogP) is 1.67. The van der Waals surface area contributed by atoms with Crippen molar-refractivity contribution in [3.8, 4) is 11.3 Å². The Balaban J connectivity index is 2.36. The molecule has 1 heterocycles. The first-order valence-corrected chi connectivity index (χ1v) is 4.25. The van der Waals surface area contributed by atoms with Crippen LogP contribution < -0.4 is 0 Å². The van der Waals surface area contributed by atoms with E-state index in [1.165, 1.54) is 0 Å². The number of nitrogens with one attached hydrogen (secondary N) is 1. The summed E-state index contributed by atoms with van der Waals surface area (Å²) in [6, 6.07) is 7.28. The lowest BCUT2D eigenvalue weighted by atomic mass is 10.1. The number of nitrogens with zero attached hydrogens (tertiary/aromatic N) is 2. The van der Waals surface area contributed by atoms with Gasteiger partial charge in [-0.05, 0) is 6.92 Å². The predicted molar refractivity (Wildman–Crippen MR) is 51.8 cm³/mol. The van der Waals surface area contributed by atoms with Crippen LogP contribution in [0.1, 0.15) is 17.3 Å². The van der Waals surface area contributed by atoms with Crippen LogP contribution in [-0.4, -0.2) is 21.2 Å². The maximum atomic E-state index is 11.0. The number of carbonyl (C=O) groups excluding carboxylic acids is 1. The summed E-state index contributed by atoms with van der Waals surface area (Å²) < 4.78 is 0. The number of rotatable bonds is 2. The van der Waals surface area contributed by atoms with Crippen molar-refractivity contribution in [3.05, 3.63) is 36.0 Å². The molecule has 0 spiro atoms. The lowest BCUT2D eigenvalue weighted by molar-refractivity contribution is 0.101. The Morgan fingerprint density at radius 3 is 2.50 bits per heavy atom. The van der Waals surface area contributed by atoms with Crippen molar-refractivity contribution < 1.29 is 4.79 Å². The van der Waals surface area contributed by atoms with Gasteiger partial charge in [0.1, 0.15) is 5.69 Å². The molecule has 1 aromatic heterocycles. The molecule has 0 bridgehead atoms. The molecule has 0 amide bonds. The van der Waals surface area contributed by atoms with Gasteiger partial charge in [0.15, 0.2) is 5.78 Å². The molecule has 0 aliphatic heterocycles. The first kappa shape index (κ1) is 8.62. The SMILES string of the molecule is CC(=O)c1ccc(-c2c[nH]nn2)cc1. The van der Waals surface area contributed by atoms with E-state index in [1.54, 1.807) is 25.3 Å². The molecule has 1 N–H and O–H groups in total. The minimum Gasteiger partial charge on any atom is -0.295 e. The molecule has 2 rings (SSSR count). The average molecular weight is 187 g/mol. The number of aromatic amines is 1. The van der Waals surface area contributed by atoms with Gasteiger partial charge in [-0.3, -0.25) is 9.89 Å². The smallest absolute Gasteiger partial charge is 0.159 e. The standard InChI is InChI=1S/C10H9N3O/c1-7(14)8-2-4-9(5-3-8)10-6-11-13-12-10/h2-6H,1H3,(H,11,12,13). The highest BCUT2D eigenvalue weighted by atomic mass is 16.1. The molecule has 2 aromatic rings. The van der Waals surface area contributed by atoms with Crippen LogP contribution >= 0.6 is 0 Å². The molecule has 4 nitrogen and oxygen atoms in total. The van der Waals surface area contributed by atoms with Gasteiger partial charge in [0.05, 0.1) is 0 Å². The van der Waals surface area contributed by atoms with Gasteiger partial charge >= 0.3 is 0 Å². The summed E-state index contributed by atoms with van der Waals surface area (Å²) in [4.78, 5) is 11.0. The summed E-state index contributed by atoms with van der Waals surface area (Å²) in [6.07, 6.45) is 1.71. The molecule has 0 fully saturated rings. The zero-order chi connectivity index (χ0) is 9.97. The Hall–Kier alpha value is -1.97. The fourth-order valence-electron chi connectivity index (χ4n) is 1.22. The van der Waals surface area contributed by atoms with Crippen molar-refractivity contribution in [3.63, 3.8) is 0 Å². The maximum absolute atomic E-state index is 11.0. The summed E-state index contributed by atoms with van der Waals surface area (Å²) in [5.74, 6) is 0.0664. The van der Waals surface area contributed by atoms with Crippen LogP contribution in [0.15, 0.2) is 30.5 Å². The minimum absolute atomic E-state index is 0.0664. The van der Waals surface area contributed by atoms with Gasteiger partial charge in [0.25, 0.3) is 0 Å². The second-order valence-corrected chi connectivity index (χ2v) is 2.99. The number of hydrogen-bond acceptors (Lipinski definition) is 3. The largest absolute Gasteiger partial charge is 0.295 e. The number of H-pyrrole nitrogens is 1. The number of aromatic nitrogens is 3. The highest BCUT2D eigenvalue weighted by molar-refractivity contribution is 5.94. The minimum atomic E-state index is 0.0664. The van der Waals surface area contributed by atoms with Crippen molar-refractivity contribution in [2.24, 2.45) is 0 Å². The molecule has 0 aliphatic carbocycles. The van der Waals surface area contributed by atoms with Crippen molar-refractivity contribution in [2.45, 2.75) is 6.92 Å². The Morgan fingerprint density at radius 1 is 1.29 bits per heavy atom. The maximum Gasteiger partial charge on any atom is 0.159 e. The number of benzene rings is 1. The van der Waals surface area contributed by atoms with Crippen molar-refractivity contribution in [1.82, 2.24) is 15.4 Å². The van der Waals surface area contributed by atoms with E-state index in [0.29, 0.717) is 5.56 Å². The number of ketones is 1. The van der Waals surface area contributed by atoms with E-state index in [-0.39, 0.29) is 5.78 Å². The highest BCUT2D eigenvalue weighted by Crippen LogP contribution is 2.15. The van der Waals surface area contributed by atoms with Crippen LogP contribution in [0.2, 0.25) is 0 Å². The average Bonchev–Trinajstić information content (AvgIpc) is 2.71. The molecule has 0 aliphatic rings. The van der Waals surface area contributed by atoms with Crippen LogP contribution in [-0.2, 0) is 0 Å². The molecular formula is C10H9N3O. The summed E-state index contributed by atoms with van der Waals surface area (Å²) in [5, 5.41) is 10.1. The number of carbonyl (C=O) groups is 1. The summed E-state index contributed by atoms with van der Waals surface area (Å²) >= 11 is 0. The van der Waals surface area contributed by atoms with Crippen molar-refractivity contribution in [1.29, 1.82) is 0 Å². The van der Waals surface area contributed by atoms with Crippen molar-refractivity contribution in [2.75, 3.05) is 0 Å². The molecule has 4 heteroatoms. The molecular weight excluding hydrogens is 178 g/mol. The summed E-state index contributed by atoms with van der Waals surface area (Å²) in [7, 11) is 0. The van der Waals surface area contributed by atoms with Crippen LogP contribution in [0.3, 0.4) is 0 Å². The van der Waals surface area contributed by atoms with Crippen molar-refractivity contribution >= 4 is 5.78 Å². The van der Waals surface area contributed by atoms with Gasteiger partial charge in [0.2, 0.25) is 0 Å². The van der Waals surface area contributed by atoms with Crippen LogP contribution in [0.5, 0.6) is 0 Å². The van der Waals surface area contributed by atoms with E-state index in [9.17, 15) is 4.79 Å². The fourth-order valence-corrected chi connectivity index (χ4v) is 1.22. The molecule has 0 saturated carbocycles. The molecule has 0 unspecified atom stereocenters. The zero-order valence-corrected chi connectivity index (χ0v) is 7.69. The molecule has 1 aromatic carbocycles. The van der Waals surface area contributed by atoms with E-state index in [2.05, 4.69) is 15.4 Å². The monoisotopic (exact) mass is 187 g/mol. The van der Waals surface area contributed by atoms with Gasteiger partial charge < -0.3 is 0 Å². The van der Waals surface area contributed by atoms with E-state index in [1.807, 2.05) is 12.1 Å². The van der Waals surface area contributed by atoms with Crippen LogP contribution in [0.25, 0.3) is 11.3 Å². The summed E-state index contributed by atoms with van der Waals surface area (Å²) in [6.45, 7) is 1.55. The number of Topliss-reactive ketones (excluding diaryl/α,β-unsaturated/α-hetero) is 1. The second kappa shape index (κ2) is 3.41. The molecule has 0 saturated heterocycles. The van der Waals surface area contributed by atoms with Crippen LogP contribution in [0, 0.1) is 0 Å². The normalized spacial score (nSPS) is 10.1. The third-order valence-corrected chi connectivity index (χ3v) is 2.00. The van der Waals surface area contributed by atoms with E-state index in [4.69, 9.17) is 0 Å². The highest BCUT2D eigenvalue weighted by Gasteiger charge is 2.02. The lowest BCUT2D eigenvalue weighted by Gasteiger charge is -1.97. The topological polar surface area (TPSA) is 58.6 Å². The summed E-state index contributed by atoms with van der Waals surface area (Å²) in [5.41, 5.74) is 2.43. The third-order valence-electron chi connectivity index (χ3n) is 2.00. The van der Waals surface area contributed by atoms with Gasteiger partial charge in [0, 0.05) is 17.3 Å². The molecule has 70 valence electrons. The van der Waals surface area contributed by atoms with E-state index in [0.717, 1.165) is 11.3 Å². The molecule has 0 atom stereocenters. The van der Waals surface area contributed by atoms with E-state index < -0.39 is 0 Å². The van der Waals surface area contributed by atoms with Gasteiger partial charge in [-0.2, -0.15) is 0 Å². The lowest BCUT2D eigenvalue weighted by Crippen LogP contribution is -1.90. The van der Waals surface area contributed by atoms with Crippen LogP contribution in [0.4, 0.5) is 0 Å². The van der Waals surface area contributed by atoms with Gasteiger partial charge in [-0.1, -0.05) is 29.5 Å².